The van der Waals surface area contributed by atoms with Gasteiger partial charge in [0.25, 0.3) is 0 Å². The Labute approximate surface area is 213 Å². The van der Waals surface area contributed by atoms with Gasteiger partial charge in [0.05, 0.1) is 5.69 Å². The van der Waals surface area contributed by atoms with Crippen LogP contribution in [-0.4, -0.2) is 59.3 Å². The highest BCUT2D eigenvalue weighted by molar-refractivity contribution is 7.85. The van der Waals surface area contributed by atoms with E-state index in [9.17, 15) is 26.6 Å². The Morgan fingerprint density at radius 3 is 2.51 bits per heavy atom. The van der Waals surface area contributed by atoms with Gasteiger partial charge < -0.3 is 4.90 Å². The number of fused-ring (bicyclic) bond motifs is 3. The molecule has 0 radical (unpaired) electrons. The predicted molar refractivity (Wildman–Crippen MR) is 129 cm³/mol. The largest absolute Gasteiger partial charge is 0.413 e. The lowest BCUT2D eigenvalue weighted by atomic mass is 9.88. The maximum atomic E-state index is 14.2. The first-order valence-electron chi connectivity index (χ1n) is 12.1. The summed E-state index contributed by atoms with van der Waals surface area (Å²) in [5.41, 5.74) is 2.02. The van der Waals surface area contributed by atoms with E-state index in [1.807, 2.05) is 13.8 Å². The van der Waals surface area contributed by atoms with Crippen LogP contribution < -0.4 is 0 Å². The van der Waals surface area contributed by atoms with Crippen molar-refractivity contribution in [3.63, 3.8) is 0 Å². The summed E-state index contributed by atoms with van der Waals surface area (Å²) in [5, 5.41) is 3.94. The van der Waals surface area contributed by atoms with E-state index in [4.69, 9.17) is 0 Å². The molecule has 2 atom stereocenters. The van der Waals surface area contributed by atoms with E-state index in [2.05, 4.69) is 15.1 Å². The van der Waals surface area contributed by atoms with Crippen molar-refractivity contribution >= 4 is 22.4 Å². The van der Waals surface area contributed by atoms with E-state index in [1.54, 1.807) is 12.3 Å². The lowest BCUT2D eigenvalue weighted by Crippen LogP contribution is -2.44. The molecule has 7 nitrogen and oxygen atoms in total. The van der Waals surface area contributed by atoms with Crippen molar-refractivity contribution in [1.82, 2.24) is 24.5 Å². The fraction of sp³-hybridized carbons (Fsp3) is 0.520. The van der Waals surface area contributed by atoms with Gasteiger partial charge in [-0.2, -0.15) is 17.6 Å². The molecule has 3 aromatic heterocycles. The van der Waals surface area contributed by atoms with Crippen LogP contribution in [0.3, 0.4) is 0 Å². The molecule has 1 aliphatic heterocycles. The van der Waals surface area contributed by atoms with Crippen LogP contribution in [0.4, 0.5) is 17.6 Å². The second kappa shape index (κ2) is 9.14. The molecular weight excluding hydrogens is 510 g/mol. The smallest absolute Gasteiger partial charge is 0.330 e. The normalized spacial score (nSPS) is 24.1. The number of alkyl halides is 3. The number of nitrogens with zero attached hydrogens (tertiary/aromatic N) is 5. The summed E-state index contributed by atoms with van der Waals surface area (Å²) in [6.45, 7) is 4.00. The summed E-state index contributed by atoms with van der Waals surface area (Å²) in [6.07, 6.45) is -0.639. The molecule has 12 heteroatoms. The average Bonchev–Trinajstić information content (AvgIpc) is 3.34. The van der Waals surface area contributed by atoms with Crippen molar-refractivity contribution in [2.75, 3.05) is 18.6 Å². The lowest BCUT2D eigenvalue weighted by Gasteiger charge is -2.33. The van der Waals surface area contributed by atoms with Gasteiger partial charge in [-0.25, -0.2) is 9.50 Å². The number of rotatable bonds is 4. The van der Waals surface area contributed by atoms with Gasteiger partial charge in [-0.05, 0) is 25.3 Å². The van der Waals surface area contributed by atoms with Gasteiger partial charge in [0.1, 0.15) is 0 Å². The van der Waals surface area contributed by atoms with Crippen LogP contribution in [0.5, 0.6) is 0 Å². The minimum Gasteiger partial charge on any atom is -0.330 e. The van der Waals surface area contributed by atoms with Gasteiger partial charge >= 0.3 is 6.18 Å². The van der Waals surface area contributed by atoms with Crippen molar-refractivity contribution < 1.29 is 26.6 Å². The molecule has 0 spiro atoms. The van der Waals surface area contributed by atoms with Crippen molar-refractivity contribution in [3.8, 4) is 0 Å². The summed E-state index contributed by atoms with van der Waals surface area (Å²) in [5.74, 6) is -1.42. The number of pyridine rings is 1. The second-order valence-electron chi connectivity index (χ2n) is 10.5. The first-order valence-corrected chi connectivity index (χ1v) is 13.5. The van der Waals surface area contributed by atoms with Gasteiger partial charge in [0.2, 0.25) is 11.9 Å². The van der Waals surface area contributed by atoms with E-state index in [0.717, 1.165) is 23.2 Å². The SMILES string of the molecule is CN(C(=O)C1CCS(=O)CC1)C(c1ccc(C2CC(C)(C)c3c2cnc2cc(F)nn32)nc1)C(F)(F)F. The molecule has 4 heterocycles. The van der Waals surface area contributed by atoms with Crippen LogP contribution in [0, 0.1) is 11.9 Å². The molecule has 2 unspecified atom stereocenters. The molecule has 3 aromatic rings. The van der Waals surface area contributed by atoms with Crippen LogP contribution >= 0.6 is 0 Å². The van der Waals surface area contributed by atoms with Crippen molar-refractivity contribution in [2.24, 2.45) is 5.92 Å². The van der Waals surface area contributed by atoms with Gasteiger partial charge in [0, 0.05) is 81.9 Å². The molecule has 5 rings (SSSR count). The van der Waals surface area contributed by atoms with Crippen molar-refractivity contribution in [1.29, 1.82) is 0 Å². The zero-order valence-corrected chi connectivity index (χ0v) is 21.4. The molecule has 198 valence electrons. The molecule has 1 aliphatic carbocycles. The third-order valence-corrected chi connectivity index (χ3v) is 8.86. The van der Waals surface area contributed by atoms with Gasteiger partial charge in [-0.1, -0.05) is 19.9 Å². The molecule has 1 saturated heterocycles. The Morgan fingerprint density at radius 2 is 1.89 bits per heavy atom. The number of halogens is 4. The van der Waals surface area contributed by atoms with Crippen LogP contribution in [0.25, 0.3) is 5.65 Å². The number of carbonyl (C=O) groups is 1. The fourth-order valence-electron chi connectivity index (χ4n) is 5.70. The van der Waals surface area contributed by atoms with E-state index in [0.29, 0.717) is 42.1 Å². The number of amides is 1. The lowest BCUT2D eigenvalue weighted by molar-refractivity contribution is -0.190. The molecular formula is C25H27F4N5O2S. The minimum atomic E-state index is -4.70. The van der Waals surface area contributed by atoms with E-state index in [1.165, 1.54) is 22.8 Å². The van der Waals surface area contributed by atoms with Crippen LogP contribution in [0.15, 0.2) is 30.6 Å². The number of hydrogen-bond donors (Lipinski definition) is 0. The summed E-state index contributed by atoms with van der Waals surface area (Å²) < 4.78 is 69.4. The maximum Gasteiger partial charge on any atom is 0.413 e. The molecule has 0 bridgehead atoms. The molecule has 1 amide bonds. The summed E-state index contributed by atoms with van der Waals surface area (Å²) in [6, 6.07) is 2.03. The standard InChI is InChI=1S/C25H27F4N5O2S/c1-24(2)11-16(17-13-31-20-10-19(26)32-34(20)22(17)24)18-5-4-15(12-30-18)21(25(27,28)29)33(3)23(35)14-6-8-37(36)9-7-14/h4-5,10,12-14,16,21H,6-9,11H2,1-3H3. The first-order chi connectivity index (χ1) is 17.4. The number of aromatic nitrogens is 4. The Bertz CT molecular complexity index is 1360. The molecule has 37 heavy (non-hydrogen) atoms. The molecule has 0 saturated carbocycles. The molecule has 1 fully saturated rings. The zero-order valence-electron chi connectivity index (χ0n) is 20.6. The highest BCUT2D eigenvalue weighted by Crippen LogP contribution is 2.48. The summed E-state index contributed by atoms with van der Waals surface area (Å²) in [4.78, 5) is 22.4. The number of carbonyl (C=O) groups excluding carboxylic acids is 1. The quantitative estimate of drug-likeness (QED) is 0.464. The highest BCUT2D eigenvalue weighted by Gasteiger charge is 2.47. The Kier molecular flexibility index (Phi) is 6.36. The van der Waals surface area contributed by atoms with E-state index < -0.39 is 46.2 Å². The average molecular weight is 538 g/mol. The zero-order chi connectivity index (χ0) is 26.7. The van der Waals surface area contributed by atoms with Gasteiger partial charge in [-0.3, -0.25) is 14.0 Å². The number of hydrogen-bond acceptors (Lipinski definition) is 5. The monoisotopic (exact) mass is 537 g/mol. The first kappa shape index (κ1) is 25.7. The van der Waals surface area contributed by atoms with E-state index >= 15 is 0 Å². The predicted octanol–water partition coefficient (Wildman–Crippen LogP) is 4.30. The summed E-state index contributed by atoms with van der Waals surface area (Å²) in [7, 11) is 0.144. The van der Waals surface area contributed by atoms with Crippen LogP contribution in [0.2, 0.25) is 0 Å². The van der Waals surface area contributed by atoms with Crippen LogP contribution in [-0.2, 0) is 21.0 Å². The second-order valence-corrected chi connectivity index (χ2v) is 12.2. The van der Waals surface area contributed by atoms with Crippen molar-refractivity contribution in [3.05, 3.63) is 59.1 Å². The Hall–Kier alpha value is -2.89. The Morgan fingerprint density at radius 1 is 1.19 bits per heavy atom. The highest BCUT2D eigenvalue weighted by atomic mass is 32.2. The molecule has 0 aromatic carbocycles. The Balaban J connectivity index is 1.44. The fourth-order valence-corrected chi connectivity index (χ4v) is 7.00. The maximum absolute atomic E-state index is 14.2. The van der Waals surface area contributed by atoms with Crippen molar-refractivity contribution in [2.45, 2.75) is 56.7 Å². The van der Waals surface area contributed by atoms with Crippen LogP contribution in [0.1, 0.15) is 67.6 Å². The van der Waals surface area contributed by atoms with Gasteiger partial charge in [0.15, 0.2) is 11.7 Å². The third kappa shape index (κ3) is 4.64. The third-order valence-electron chi connectivity index (χ3n) is 7.48. The molecule has 0 N–H and O–H groups in total. The topological polar surface area (TPSA) is 80.5 Å². The molecule has 2 aliphatic rings. The van der Waals surface area contributed by atoms with Gasteiger partial charge in [-0.15, -0.1) is 5.10 Å². The minimum absolute atomic E-state index is 0.133. The van der Waals surface area contributed by atoms with E-state index in [-0.39, 0.29) is 11.5 Å². The summed E-state index contributed by atoms with van der Waals surface area (Å²) >= 11 is 0.